The van der Waals surface area contributed by atoms with Crippen LogP contribution in [0.3, 0.4) is 0 Å². The van der Waals surface area contributed by atoms with Gasteiger partial charge in [0.05, 0.1) is 13.2 Å². The van der Waals surface area contributed by atoms with Crippen molar-refractivity contribution in [2.75, 3.05) is 31.7 Å². The quantitative estimate of drug-likeness (QED) is 0.276. The van der Waals surface area contributed by atoms with Crippen LogP contribution in [-0.4, -0.2) is 92.3 Å². The number of ether oxygens (including phenoxy) is 1. The average molecular weight is 389 g/mol. The van der Waals surface area contributed by atoms with Gasteiger partial charge in [-0.25, -0.2) is 4.79 Å². The molecule has 1 aliphatic rings. The summed E-state index contributed by atoms with van der Waals surface area (Å²) in [4.78, 5) is 39.1. The predicted octanol–water partition coefficient (Wildman–Crippen LogP) is -4.52. The van der Waals surface area contributed by atoms with Gasteiger partial charge in [-0.15, -0.1) is 5.10 Å². The summed E-state index contributed by atoms with van der Waals surface area (Å²) in [5.41, 5.74) is -1.79. The molecule has 5 atom stereocenters. The van der Waals surface area contributed by atoms with E-state index in [1.54, 1.807) is 0 Å². The number of aromatic nitrogens is 3. The van der Waals surface area contributed by atoms with Crippen LogP contribution >= 0.6 is 0 Å². The van der Waals surface area contributed by atoms with Crippen LogP contribution in [0.15, 0.2) is 9.59 Å². The normalized spacial score (nSPS) is 28.0. The third kappa shape index (κ3) is 4.33. The molecule has 0 aromatic carbocycles. The van der Waals surface area contributed by atoms with E-state index >= 15 is 0 Å². The highest BCUT2D eigenvalue weighted by molar-refractivity contribution is 5.73. The zero-order chi connectivity index (χ0) is 20.3. The van der Waals surface area contributed by atoms with Crippen molar-refractivity contribution >= 4 is 11.7 Å². The molecule has 27 heavy (non-hydrogen) atoms. The lowest BCUT2D eigenvalue weighted by atomic mass is 9.96. The second kappa shape index (κ2) is 8.58. The predicted molar refractivity (Wildman–Crippen MR) is 90.1 cm³/mol. The SMILES string of the molecule is CC(=O)N[C@@H]1[C@@H](O)[C@H](O)[C@@H](CO)O[C@H]1n1nc(N(C)CCO)c(=O)[nH]c1=O. The number of aliphatic hydroxyl groups is 4. The average Bonchev–Trinajstić information content (AvgIpc) is 2.60. The second-order valence-electron chi connectivity index (χ2n) is 6.13. The number of anilines is 1. The molecule has 1 amide bonds. The number of likely N-dealkylation sites (N-methyl/N-ethyl adjacent to an activating group) is 1. The fourth-order valence-corrected chi connectivity index (χ4v) is 2.78. The number of rotatable bonds is 6. The van der Waals surface area contributed by atoms with Gasteiger partial charge in [-0.05, 0) is 0 Å². The number of aliphatic hydroxyl groups excluding tert-OH is 4. The minimum absolute atomic E-state index is 0.0511. The molecule has 0 aliphatic carbocycles. The van der Waals surface area contributed by atoms with E-state index in [2.05, 4.69) is 10.4 Å². The van der Waals surface area contributed by atoms with Crippen molar-refractivity contribution in [3.8, 4) is 0 Å². The minimum atomic E-state index is -1.58. The van der Waals surface area contributed by atoms with Crippen LogP contribution in [0.5, 0.6) is 0 Å². The molecule has 2 rings (SSSR count). The molecule has 0 saturated carbocycles. The van der Waals surface area contributed by atoms with Crippen LogP contribution in [0, 0.1) is 0 Å². The summed E-state index contributed by atoms with van der Waals surface area (Å²) in [5, 5.41) is 45.0. The van der Waals surface area contributed by atoms with Crippen molar-refractivity contribution in [2.45, 2.75) is 37.5 Å². The van der Waals surface area contributed by atoms with Gasteiger partial charge in [0.2, 0.25) is 11.7 Å². The van der Waals surface area contributed by atoms with Gasteiger partial charge >= 0.3 is 5.69 Å². The van der Waals surface area contributed by atoms with Crippen LogP contribution in [0.2, 0.25) is 0 Å². The summed E-state index contributed by atoms with van der Waals surface area (Å²) >= 11 is 0. The standard InChI is InChI=1S/C14H23N5O8/c1-6(22)15-8-10(24)9(23)7(5-21)27-13(8)19-14(26)16-12(25)11(17-19)18(2)3-4-20/h7-10,13,20-21,23-24H,3-5H2,1-2H3,(H,15,22)(H,16,25,26)/t7-,8-,9-,10-,13-/m1/s1. The van der Waals surface area contributed by atoms with Gasteiger partial charge in [0, 0.05) is 20.5 Å². The Hall–Kier alpha value is -2.32. The molecule has 13 nitrogen and oxygen atoms in total. The summed E-state index contributed by atoms with van der Waals surface area (Å²) in [6.45, 7) is 0.271. The molecule has 152 valence electrons. The summed E-state index contributed by atoms with van der Waals surface area (Å²) in [6.07, 6.45) is -5.79. The summed E-state index contributed by atoms with van der Waals surface area (Å²) in [7, 11) is 1.46. The first kappa shape index (κ1) is 21.0. The number of H-pyrrole nitrogens is 1. The summed E-state index contributed by atoms with van der Waals surface area (Å²) < 4.78 is 6.17. The number of amides is 1. The number of carbonyl (C=O) groups excluding carboxylic acids is 1. The van der Waals surface area contributed by atoms with E-state index in [1.807, 2.05) is 4.98 Å². The maximum Gasteiger partial charge on any atom is 0.347 e. The highest BCUT2D eigenvalue weighted by atomic mass is 16.5. The van der Waals surface area contributed by atoms with E-state index in [0.717, 1.165) is 6.92 Å². The maximum atomic E-state index is 12.3. The van der Waals surface area contributed by atoms with Gasteiger partial charge < -0.3 is 35.4 Å². The Morgan fingerprint density at radius 1 is 1.33 bits per heavy atom. The number of aromatic amines is 1. The van der Waals surface area contributed by atoms with Gasteiger partial charge in [0.25, 0.3) is 5.56 Å². The third-order valence-electron chi connectivity index (χ3n) is 4.14. The van der Waals surface area contributed by atoms with Gasteiger partial charge in [-0.3, -0.25) is 14.6 Å². The summed E-state index contributed by atoms with van der Waals surface area (Å²) in [6, 6.07) is -1.28. The Labute approximate surface area is 152 Å². The van der Waals surface area contributed by atoms with E-state index < -0.39 is 54.3 Å². The zero-order valence-electron chi connectivity index (χ0n) is 14.8. The zero-order valence-corrected chi connectivity index (χ0v) is 14.8. The van der Waals surface area contributed by atoms with Crippen LogP contribution < -0.4 is 21.5 Å². The second-order valence-corrected chi connectivity index (χ2v) is 6.13. The molecule has 0 radical (unpaired) electrons. The number of hydrogen-bond donors (Lipinski definition) is 6. The molecular formula is C14H23N5O8. The molecular weight excluding hydrogens is 366 g/mol. The lowest BCUT2D eigenvalue weighted by Crippen LogP contribution is -2.63. The molecule has 0 spiro atoms. The molecule has 1 aliphatic heterocycles. The first-order chi connectivity index (χ1) is 12.7. The van der Waals surface area contributed by atoms with E-state index in [-0.39, 0.29) is 19.0 Å². The Morgan fingerprint density at radius 3 is 2.56 bits per heavy atom. The lowest BCUT2D eigenvalue weighted by Gasteiger charge is -2.42. The van der Waals surface area contributed by atoms with Crippen LogP contribution in [0.4, 0.5) is 5.82 Å². The Kier molecular flexibility index (Phi) is 6.67. The van der Waals surface area contributed by atoms with Crippen LogP contribution in [0.1, 0.15) is 13.2 Å². The van der Waals surface area contributed by atoms with Gasteiger partial charge in [0.1, 0.15) is 24.4 Å². The molecule has 0 unspecified atom stereocenters. The molecule has 1 aromatic rings. The molecule has 13 heteroatoms. The van der Waals surface area contributed by atoms with E-state index in [4.69, 9.17) is 9.84 Å². The lowest BCUT2D eigenvalue weighted by molar-refractivity contribution is -0.220. The smallest absolute Gasteiger partial charge is 0.347 e. The van der Waals surface area contributed by atoms with E-state index in [0.29, 0.717) is 4.68 Å². The van der Waals surface area contributed by atoms with Crippen molar-refractivity contribution < 1.29 is 30.0 Å². The third-order valence-corrected chi connectivity index (χ3v) is 4.14. The van der Waals surface area contributed by atoms with Crippen molar-refractivity contribution in [1.82, 2.24) is 20.1 Å². The highest BCUT2D eigenvalue weighted by Crippen LogP contribution is 2.27. The first-order valence-corrected chi connectivity index (χ1v) is 8.16. The molecule has 0 bridgehead atoms. The van der Waals surface area contributed by atoms with Gasteiger partial charge in [-0.1, -0.05) is 0 Å². The maximum absolute atomic E-state index is 12.3. The minimum Gasteiger partial charge on any atom is -0.395 e. The van der Waals surface area contributed by atoms with Crippen molar-refractivity contribution in [3.05, 3.63) is 20.8 Å². The molecule has 1 fully saturated rings. The van der Waals surface area contributed by atoms with E-state index in [9.17, 15) is 29.7 Å². The number of nitrogens with zero attached hydrogens (tertiary/aromatic N) is 3. The monoisotopic (exact) mass is 389 g/mol. The fraction of sp³-hybridized carbons (Fsp3) is 0.714. The van der Waals surface area contributed by atoms with Crippen molar-refractivity contribution in [3.63, 3.8) is 0 Å². The van der Waals surface area contributed by atoms with Crippen LogP contribution in [-0.2, 0) is 9.53 Å². The topological polar surface area (TPSA) is 190 Å². The number of carbonyl (C=O) groups is 1. The van der Waals surface area contributed by atoms with Crippen molar-refractivity contribution in [2.24, 2.45) is 0 Å². The molecule has 6 N–H and O–H groups in total. The molecule has 1 aromatic heterocycles. The number of nitrogens with one attached hydrogen (secondary N) is 2. The fourth-order valence-electron chi connectivity index (χ4n) is 2.78. The first-order valence-electron chi connectivity index (χ1n) is 8.16. The molecule has 1 saturated heterocycles. The largest absolute Gasteiger partial charge is 0.395 e. The van der Waals surface area contributed by atoms with Gasteiger partial charge in [-0.2, -0.15) is 4.68 Å². The van der Waals surface area contributed by atoms with Crippen LogP contribution in [0.25, 0.3) is 0 Å². The van der Waals surface area contributed by atoms with Crippen molar-refractivity contribution in [1.29, 1.82) is 0 Å². The summed E-state index contributed by atoms with van der Waals surface area (Å²) in [5.74, 6) is -0.785. The highest BCUT2D eigenvalue weighted by Gasteiger charge is 2.46. The molecule has 2 heterocycles. The van der Waals surface area contributed by atoms with Gasteiger partial charge in [0.15, 0.2) is 6.23 Å². The Bertz CT molecular complexity index is 780. The Balaban J connectivity index is 2.53. The Morgan fingerprint density at radius 2 is 2.00 bits per heavy atom. The number of hydrogen-bond acceptors (Lipinski definition) is 10. The van der Waals surface area contributed by atoms with E-state index in [1.165, 1.54) is 11.9 Å².